The van der Waals surface area contributed by atoms with Crippen LogP contribution in [0.4, 0.5) is 0 Å². The van der Waals surface area contributed by atoms with Crippen LogP contribution < -0.4 is 5.32 Å². The second-order valence-electron chi connectivity index (χ2n) is 4.46. The maximum absolute atomic E-state index is 12.0. The van der Waals surface area contributed by atoms with Gasteiger partial charge < -0.3 is 10.4 Å². The molecule has 0 radical (unpaired) electrons. The van der Waals surface area contributed by atoms with E-state index in [1.54, 1.807) is 23.1 Å². The Morgan fingerprint density at radius 1 is 1.43 bits per heavy atom. The van der Waals surface area contributed by atoms with Crippen molar-refractivity contribution in [2.24, 2.45) is 0 Å². The lowest BCUT2D eigenvalue weighted by Crippen LogP contribution is -2.27. The Morgan fingerprint density at radius 3 is 3.00 bits per heavy atom. The standard InChI is InChI=1S/C15H16N4O2/c1-12-8-18-19(11-12)5-4-17-15(21)14-7-13(3-2-6-20)9-16-10-14/h7-11,20H,4-6H2,1H3,(H,17,21). The van der Waals surface area contributed by atoms with Gasteiger partial charge >= 0.3 is 0 Å². The molecule has 2 aromatic rings. The van der Waals surface area contributed by atoms with Gasteiger partial charge in [0.25, 0.3) is 5.91 Å². The molecule has 0 aliphatic carbocycles. The van der Waals surface area contributed by atoms with Crippen LogP contribution in [0, 0.1) is 18.8 Å². The number of nitrogens with one attached hydrogen (secondary N) is 1. The third-order valence-electron chi connectivity index (χ3n) is 2.70. The molecule has 0 atom stereocenters. The summed E-state index contributed by atoms with van der Waals surface area (Å²) >= 11 is 0. The van der Waals surface area contributed by atoms with Crippen LogP contribution in [0.15, 0.2) is 30.9 Å². The van der Waals surface area contributed by atoms with Crippen molar-refractivity contribution in [2.45, 2.75) is 13.5 Å². The first-order valence-electron chi connectivity index (χ1n) is 6.51. The molecular weight excluding hydrogens is 268 g/mol. The van der Waals surface area contributed by atoms with Crippen molar-refractivity contribution >= 4 is 5.91 Å². The summed E-state index contributed by atoms with van der Waals surface area (Å²) in [6.07, 6.45) is 6.72. The lowest BCUT2D eigenvalue weighted by molar-refractivity contribution is 0.0951. The number of aliphatic hydroxyl groups is 1. The number of amides is 1. The molecule has 0 aliphatic rings. The van der Waals surface area contributed by atoms with E-state index in [9.17, 15) is 4.79 Å². The molecule has 0 spiro atoms. The fourth-order valence-electron chi connectivity index (χ4n) is 1.75. The van der Waals surface area contributed by atoms with E-state index < -0.39 is 0 Å². The Balaban J connectivity index is 1.91. The molecule has 0 unspecified atom stereocenters. The van der Waals surface area contributed by atoms with E-state index in [4.69, 9.17) is 5.11 Å². The van der Waals surface area contributed by atoms with Gasteiger partial charge in [0.1, 0.15) is 6.61 Å². The van der Waals surface area contributed by atoms with Crippen LogP contribution in [-0.4, -0.2) is 38.9 Å². The minimum Gasteiger partial charge on any atom is -0.384 e. The lowest BCUT2D eigenvalue weighted by Gasteiger charge is -2.05. The summed E-state index contributed by atoms with van der Waals surface area (Å²) in [5, 5.41) is 15.6. The predicted octanol–water partition coefficient (Wildman–Crippen LogP) is 0.360. The van der Waals surface area contributed by atoms with Gasteiger partial charge in [0.15, 0.2) is 0 Å². The lowest BCUT2D eigenvalue weighted by atomic mass is 10.2. The van der Waals surface area contributed by atoms with Crippen molar-refractivity contribution in [2.75, 3.05) is 13.2 Å². The minimum absolute atomic E-state index is 0.209. The average molecular weight is 284 g/mol. The first-order chi connectivity index (χ1) is 10.2. The molecule has 0 saturated heterocycles. The fraction of sp³-hybridized carbons (Fsp3) is 0.267. The molecule has 21 heavy (non-hydrogen) atoms. The summed E-state index contributed by atoms with van der Waals surface area (Å²) in [6, 6.07) is 1.64. The van der Waals surface area contributed by atoms with Crippen molar-refractivity contribution in [1.29, 1.82) is 0 Å². The topological polar surface area (TPSA) is 80.0 Å². The molecule has 108 valence electrons. The third kappa shape index (κ3) is 4.44. The first kappa shape index (κ1) is 14.8. The molecule has 0 aromatic carbocycles. The number of carbonyl (C=O) groups is 1. The monoisotopic (exact) mass is 284 g/mol. The highest BCUT2D eigenvalue weighted by Crippen LogP contribution is 2.01. The van der Waals surface area contributed by atoms with Crippen LogP contribution in [-0.2, 0) is 6.54 Å². The smallest absolute Gasteiger partial charge is 0.252 e. The van der Waals surface area contributed by atoms with Gasteiger partial charge in [-0.2, -0.15) is 5.10 Å². The molecule has 0 saturated carbocycles. The number of pyridine rings is 1. The van der Waals surface area contributed by atoms with E-state index in [2.05, 4.69) is 27.2 Å². The minimum atomic E-state index is -0.223. The van der Waals surface area contributed by atoms with Crippen LogP contribution in [0.5, 0.6) is 0 Å². The highest BCUT2D eigenvalue weighted by Gasteiger charge is 2.06. The summed E-state index contributed by atoms with van der Waals surface area (Å²) in [6.45, 7) is 2.83. The Morgan fingerprint density at radius 2 is 2.29 bits per heavy atom. The molecule has 2 N–H and O–H groups in total. The van der Waals surface area contributed by atoms with E-state index in [1.807, 2.05) is 13.1 Å². The fourth-order valence-corrected chi connectivity index (χ4v) is 1.75. The number of rotatable bonds is 4. The van der Waals surface area contributed by atoms with E-state index >= 15 is 0 Å². The van der Waals surface area contributed by atoms with Crippen LogP contribution in [0.3, 0.4) is 0 Å². The van der Waals surface area contributed by atoms with Gasteiger partial charge in [-0.05, 0) is 18.6 Å². The molecule has 2 heterocycles. The molecule has 0 fully saturated rings. The van der Waals surface area contributed by atoms with Gasteiger partial charge in [0.2, 0.25) is 0 Å². The van der Waals surface area contributed by atoms with Gasteiger partial charge in [0.05, 0.1) is 18.3 Å². The van der Waals surface area contributed by atoms with Gasteiger partial charge in [-0.15, -0.1) is 0 Å². The molecule has 0 aliphatic heterocycles. The van der Waals surface area contributed by atoms with Crippen LogP contribution in [0.1, 0.15) is 21.5 Å². The maximum atomic E-state index is 12.0. The number of hydrogen-bond acceptors (Lipinski definition) is 4. The molecule has 2 aromatic heterocycles. The molecule has 2 rings (SSSR count). The van der Waals surface area contributed by atoms with E-state index in [-0.39, 0.29) is 12.5 Å². The van der Waals surface area contributed by atoms with Crippen LogP contribution >= 0.6 is 0 Å². The predicted molar refractivity (Wildman–Crippen MR) is 77.5 cm³/mol. The van der Waals surface area contributed by atoms with Gasteiger partial charge in [0, 0.05) is 30.7 Å². The summed E-state index contributed by atoms with van der Waals surface area (Å²) in [4.78, 5) is 16.0. The number of carbonyl (C=O) groups excluding carboxylic acids is 1. The second kappa shape index (κ2) is 7.22. The molecule has 1 amide bonds. The van der Waals surface area contributed by atoms with Crippen molar-refractivity contribution in [3.8, 4) is 11.8 Å². The number of aryl methyl sites for hydroxylation is 1. The largest absolute Gasteiger partial charge is 0.384 e. The average Bonchev–Trinajstić information content (AvgIpc) is 2.91. The number of aliphatic hydroxyl groups excluding tert-OH is 1. The number of nitrogens with zero attached hydrogens (tertiary/aromatic N) is 3. The quantitative estimate of drug-likeness (QED) is 0.795. The number of aromatic nitrogens is 3. The molecule has 6 nitrogen and oxygen atoms in total. The van der Waals surface area contributed by atoms with Crippen molar-refractivity contribution in [3.63, 3.8) is 0 Å². The van der Waals surface area contributed by atoms with Gasteiger partial charge in [-0.1, -0.05) is 11.8 Å². The molecular formula is C15H16N4O2. The second-order valence-corrected chi connectivity index (χ2v) is 4.46. The van der Waals surface area contributed by atoms with E-state index in [0.717, 1.165) is 5.56 Å². The van der Waals surface area contributed by atoms with E-state index in [0.29, 0.717) is 24.2 Å². The van der Waals surface area contributed by atoms with Crippen LogP contribution in [0.25, 0.3) is 0 Å². The summed E-state index contributed by atoms with van der Waals surface area (Å²) in [5.41, 5.74) is 2.12. The third-order valence-corrected chi connectivity index (χ3v) is 2.70. The van der Waals surface area contributed by atoms with Crippen LogP contribution in [0.2, 0.25) is 0 Å². The normalized spacial score (nSPS) is 9.81. The summed E-state index contributed by atoms with van der Waals surface area (Å²) in [5.74, 6) is 5.03. The highest BCUT2D eigenvalue weighted by molar-refractivity contribution is 5.94. The van der Waals surface area contributed by atoms with E-state index in [1.165, 1.54) is 6.20 Å². The van der Waals surface area contributed by atoms with Gasteiger partial charge in [-0.25, -0.2) is 0 Å². The Bertz CT molecular complexity index is 682. The molecule has 0 bridgehead atoms. The zero-order chi connectivity index (χ0) is 15.1. The summed E-state index contributed by atoms with van der Waals surface area (Å²) in [7, 11) is 0. The van der Waals surface area contributed by atoms with Gasteiger partial charge in [-0.3, -0.25) is 14.5 Å². The zero-order valence-corrected chi connectivity index (χ0v) is 11.7. The van der Waals surface area contributed by atoms with Crippen molar-refractivity contribution in [1.82, 2.24) is 20.1 Å². The Kier molecular flexibility index (Phi) is 5.07. The van der Waals surface area contributed by atoms with Crippen molar-refractivity contribution < 1.29 is 9.90 Å². The number of hydrogen-bond donors (Lipinski definition) is 2. The SMILES string of the molecule is Cc1cnn(CCNC(=O)c2cncc(C#CCO)c2)c1. The molecule has 6 heteroatoms. The van der Waals surface area contributed by atoms with Crippen molar-refractivity contribution in [3.05, 3.63) is 47.5 Å². The summed E-state index contributed by atoms with van der Waals surface area (Å²) < 4.78 is 1.77. The Labute approximate surface area is 122 Å². The zero-order valence-electron chi connectivity index (χ0n) is 11.7. The highest BCUT2D eigenvalue weighted by atomic mass is 16.2. The first-order valence-corrected chi connectivity index (χ1v) is 6.51. The maximum Gasteiger partial charge on any atom is 0.252 e. The Hall–Kier alpha value is -2.65.